The van der Waals surface area contributed by atoms with Gasteiger partial charge in [0.15, 0.2) is 0 Å². The van der Waals surface area contributed by atoms with Crippen LogP contribution in [0.1, 0.15) is 28.8 Å². The van der Waals surface area contributed by atoms with Gasteiger partial charge in [0, 0.05) is 23.7 Å². The van der Waals surface area contributed by atoms with E-state index >= 15 is 0 Å². The Morgan fingerprint density at radius 2 is 2.25 bits per heavy atom. The predicted octanol–water partition coefficient (Wildman–Crippen LogP) is 2.37. The molecule has 108 valence electrons. The number of aliphatic hydroxyl groups is 1. The second-order valence-electron chi connectivity index (χ2n) is 5.57. The highest BCUT2D eigenvalue weighted by atomic mass is 79.9. The van der Waals surface area contributed by atoms with Crippen LogP contribution in [0.2, 0.25) is 0 Å². The van der Waals surface area contributed by atoms with Gasteiger partial charge in [-0.15, -0.1) is 0 Å². The fraction of sp³-hybridized carbons (Fsp3) is 0.533. The molecule has 0 unspecified atom stereocenters. The SMILES string of the molecule is COC(=O)c1cc(Br)c2c(c1)CCN2C1CC(CO)C1. The van der Waals surface area contributed by atoms with Crippen LogP contribution >= 0.6 is 15.9 Å². The number of hydrogen-bond acceptors (Lipinski definition) is 4. The zero-order chi connectivity index (χ0) is 14.3. The second kappa shape index (κ2) is 5.37. The lowest BCUT2D eigenvalue weighted by Crippen LogP contribution is -2.45. The molecule has 1 aromatic rings. The largest absolute Gasteiger partial charge is 0.465 e. The van der Waals surface area contributed by atoms with Crippen LogP contribution in [0.15, 0.2) is 16.6 Å². The van der Waals surface area contributed by atoms with Crippen LogP contribution < -0.4 is 4.90 Å². The van der Waals surface area contributed by atoms with Crippen LogP contribution in [0.25, 0.3) is 0 Å². The zero-order valence-electron chi connectivity index (χ0n) is 11.4. The number of rotatable bonds is 3. The first kappa shape index (κ1) is 13.9. The number of hydrogen-bond donors (Lipinski definition) is 1. The number of esters is 1. The maximum atomic E-state index is 11.6. The maximum absolute atomic E-state index is 11.6. The Balaban J connectivity index is 1.85. The number of methoxy groups -OCH3 is 1. The summed E-state index contributed by atoms with van der Waals surface area (Å²) in [6.45, 7) is 1.28. The summed E-state index contributed by atoms with van der Waals surface area (Å²) in [4.78, 5) is 14.1. The molecular formula is C15H18BrNO3. The number of halogens is 1. The first-order valence-electron chi connectivity index (χ1n) is 6.92. The van der Waals surface area contributed by atoms with E-state index in [1.807, 2.05) is 12.1 Å². The van der Waals surface area contributed by atoms with Crippen molar-refractivity contribution >= 4 is 27.6 Å². The van der Waals surface area contributed by atoms with Gasteiger partial charge < -0.3 is 14.7 Å². The Hall–Kier alpha value is -1.07. The molecule has 0 radical (unpaired) electrons. The molecule has 2 aliphatic rings. The van der Waals surface area contributed by atoms with Crippen LogP contribution in [-0.4, -0.2) is 37.4 Å². The molecule has 20 heavy (non-hydrogen) atoms. The molecule has 0 bridgehead atoms. The third-order valence-corrected chi connectivity index (χ3v) is 4.99. The molecule has 1 saturated carbocycles. The standard InChI is InChI=1S/C15H18BrNO3/c1-20-15(19)11-6-10-2-3-17(14(10)13(16)7-11)12-4-9(5-12)8-18/h6-7,9,12,18H,2-5,8H2,1H3. The van der Waals surface area contributed by atoms with E-state index in [1.165, 1.54) is 18.4 Å². The summed E-state index contributed by atoms with van der Waals surface area (Å²) in [7, 11) is 1.40. The van der Waals surface area contributed by atoms with Crippen molar-refractivity contribution < 1.29 is 14.6 Å². The zero-order valence-corrected chi connectivity index (χ0v) is 13.0. The number of nitrogens with zero attached hydrogens (tertiary/aromatic N) is 1. The van der Waals surface area contributed by atoms with E-state index in [0.29, 0.717) is 24.1 Å². The molecule has 4 nitrogen and oxygen atoms in total. The summed E-state index contributed by atoms with van der Waals surface area (Å²) in [5.41, 5.74) is 3.01. The van der Waals surface area contributed by atoms with Crippen molar-refractivity contribution in [1.82, 2.24) is 0 Å². The number of anilines is 1. The summed E-state index contributed by atoms with van der Waals surface area (Å²) in [5.74, 6) is 0.160. The minimum absolute atomic E-state index is 0.291. The molecule has 1 aromatic carbocycles. The van der Waals surface area contributed by atoms with E-state index in [1.54, 1.807) is 0 Å². The molecule has 1 aliphatic heterocycles. The Morgan fingerprint density at radius 3 is 2.90 bits per heavy atom. The lowest BCUT2D eigenvalue weighted by atomic mass is 9.80. The number of carbonyl (C=O) groups is 1. The van der Waals surface area contributed by atoms with Gasteiger partial charge in [0.2, 0.25) is 0 Å². The van der Waals surface area contributed by atoms with Crippen LogP contribution in [0.3, 0.4) is 0 Å². The van der Waals surface area contributed by atoms with Crippen LogP contribution in [0.4, 0.5) is 5.69 Å². The highest BCUT2D eigenvalue weighted by Gasteiger charge is 2.37. The highest BCUT2D eigenvalue weighted by molar-refractivity contribution is 9.10. The van der Waals surface area contributed by atoms with Crippen LogP contribution in [-0.2, 0) is 11.2 Å². The lowest BCUT2D eigenvalue weighted by Gasteiger charge is -2.42. The monoisotopic (exact) mass is 339 g/mol. The van der Waals surface area contributed by atoms with Gasteiger partial charge in [0.25, 0.3) is 0 Å². The molecule has 5 heteroatoms. The van der Waals surface area contributed by atoms with Crippen molar-refractivity contribution in [2.45, 2.75) is 25.3 Å². The van der Waals surface area contributed by atoms with E-state index in [2.05, 4.69) is 20.8 Å². The predicted molar refractivity (Wildman–Crippen MR) is 80.1 cm³/mol. The van der Waals surface area contributed by atoms with Crippen molar-refractivity contribution in [1.29, 1.82) is 0 Å². The molecule has 1 N–H and O–H groups in total. The minimum Gasteiger partial charge on any atom is -0.465 e. The fourth-order valence-electron chi connectivity index (χ4n) is 3.23. The molecule has 3 rings (SSSR count). The molecule has 0 saturated heterocycles. The molecule has 1 heterocycles. The van der Waals surface area contributed by atoms with Crippen molar-refractivity contribution in [2.24, 2.45) is 5.92 Å². The quantitative estimate of drug-likeness (QED) is 0.859. The third kappa shape index (κ3) is 2.23. The van der Waals surface area contributed by atoms with Gasteiger partial charge in [-0.2, -0.15) is 0 Å². The third-order valence-electron chi connectivity index (χ3n) is 4.38. The van der Waals surface area contributed by atoms with E-state index in [0.717, 1.165) is 30.3 Å². The molecule has 0 spiro atoms. The van der Waals surface area contributed by atoms with Gasteiger partial charge in [-0.3, -0.25) is 0 Å². The molecule has 1 aliphatic carbocycles. The van der Waals surface area contributed by atoms with Crippen molar-refractivity contribution in [3.63, 3.8) is 0 Å². The van der Waals surface area contributed by atoms with Crippen LogP contribution in [0.5, 0.6) is 0 Å². The number of fused-ring (bicyclic) bond motifs is 1. The molecule has 0 atom stereocenters. The van der Waals surface area contributed by atoms with E-state index in [-0.39, 0.29) is 5.97 Å². The van der Waals surface area contributed by atoms with Crippen molar-refractivity contribution in [3.05, 3.63) is 27.7 Å². The summed E-state index contributed by atoms with van der Waals surface area (Å²) < 4.78 is 5.74. The summed E-state index contributed by atoms with van der Waals surface area (Å²) in [6, 6.07) is 4.30. The Kier molecular flexibility index (Phi) is 3.73. The molecule has 1 fully saturated rings. The van der Waals surface area contributed by atoms with E-state index < -0.39 is 0 Å². The second-order valence-corrected chi connectivity index (χ2v) is 6.43. The smallest absolute Gasteiger partial charge is 0.337 e. The van der Waals surface area contributed by atoms with Gasteiger partial charge in [-0.1, -0.05) is 0 Å². The molecule has 0 aromatic heterocycles. The van der Waals surface area contributed by atoms with Crippen molar-refractivity contribution in [3.8, 4) is 0 Å². The van der Waals surface area contributed by atoms with Crippen molar-refractivity contribution in [2.75, 3.05) is 25.2 Å². The van der Waals surface area contributed by atoms with Gasteiger partial charge in [0.1, 0.15) is 0 Å². The fourth-order valence-corrected chi connectivity index (χ4v) is 3.95. The summed E-state index contributed by atoms with van der Waals surface area (Å²) in [6.07, 6.45) is 3.07. The first-order valence-corrected chi connectivity index (χ1v) is 7.71. The van der Waals surface area contributed by atoms with Gasteiger partial charge in [-0.05, 0) is 58.8 Å². The number of benzene rings is 1. The number of carbonyl (C=O) groups excluding carboxylic acids is 1. The number of ether oxygens (including phenoxy) is 1. The molecule has 0 amide bonds. The van der Waals surface area contributed by atoms with E-state index in [9.17, 15) is 4.79 Å². The Bertz CT molecular complexity index is 540. The normalized spacial score (nSPS) is 24.2. The maximum Gasteiger partial charge on any atom is 0.337 e. The molecular weight excluding hydrogens is 322 g/mol. The van der Waals surface area contributed by atoms with Gasteiger partial charge >= 0.3 is 5.97 Å². The highest BCUT2D eigenvalue weighted by Crippen LogP contribution is 2.43. The Labute approximate surface area is 126 Å². The summed E-state index contributed by atoms with van der Waals surface area (Å²) >= 11 is 3.59. The average molecular weight is 340 g/mol. The number of aliphatic hydroxyl groups excluding tert-OH is 1. The van der Waals surface area contributed by atoms with E-state index in [4.69, 9.17) is 9.84 Å². The van der Waals surface area contributed by atoms with Crippen LogP contribution in [0, 0.1) is 5.92 Å². The van der Waals surface area contributed by atoms with Gasteiger partial charge in [0.05, 0.1) is 18.4 Å². The minimum atomic E-state index is -0.295. The summed E-state index contributed by atoms with van der Waals surface area (Å²) in [5, 5.41) is 9.14. The average Bonchev–Trinajstić information content (AvgIpc) is 2.81. The van der Waals surface area contributed by atoms with Gasteiger partial charge in [-0.25, -0.2) is 4.79 Å². The topological polar surface area (TPSA) is 49.8 Å². The lowest BCUT2D eigenvalue weighted by molar-refractivity contribution is 0.0600. The Morgan fingerprint density at radius 1 is 1.50 bits per heavy atom. The first-order chi connectivity index (χ1) is 9.63.